The molecule has 1 aliphatic rings. The maximum absolute atomic E-state index is 12.2. The molecule has 0 amide bonds. The molecule has 26 heavy (non-hydrogen) atoms. The van der Waals surface area contributed by atoms with Crippen LogP contribution in [-0.4, -0.2) is 23.0 Å². The minimum atomic E-state index is -0.221. The van der Waals surface area contributed by atoms with Crippen LogP contribution in [0.25, 0.3) is 0 Å². The maximum Gasteiger partial charge on any atom is 0.309 e. The largest absolute Gasteiger partial charge is 0.462 e. The quantitative estimate of drug-likeness (QED) is 0.715. The van der Waals surface area contributed by atoms with Gasteiger partial charge in [0.05, 0.1) is 11.8 Å². The highest BCUT2D eigenvalue weighted by molar-refractivity contribution is 5.75. The highest BCUT2D eigenvalue weighted by atomic mass is 16.6. The van der Waals surface area contributed by atoms with Crippen molar-refractivity contribution in [1.82, 2.24) is 4.98 Å². The molecule has 5 heteroatoms. The van der Waals surface area contributed by atoms with Crippen LogP contribution >= 0.6 is 0 Å². The van der Waals surface area contributed by atoms with E-state index in [1.54, 1.807) is 12.4 Å². The summed E-state index contributed by atoms with van der Waals surface area (Å²) >= 11 is 0. The van der Waals surface area contributed by atoms with Crippen molar-refractivity contribution in [1.29, 1.82) is 0 Å². The Morgan fingerprint density at radius 2 is 1.77 bits per heavy atom. The summed E-state index contributed by atoms with van der Waals surface area (Å²) < 4.78 is 10.8. The number of rotatable bonds is 7. The number of esters is 2. The molecule has 2 aromatic rings. The SMILES string of the molecule is CC(Cc1ccncc1)C(=O)OC1CC(C(=O)OCc2ccccc2)C1. The number of carbonyl (C=O) groups excluding carboxylic acids is 2. The lowest BCUT2D eigenvalue weighted by atomic mass is 9.82. The molecular formula is C21H23NO4. The molecule has 3 rings (SSSR count). The molecule has 0 bridgehead atoms. The zero-order valence-corrected chi connectivity index (χ0v) is 14.8. The first-order chi connectivity index (χ1) is 12.6. The highest BCUT2D eigenvalue weighted by Gasteiger charge is 2.38. The zero-order valence-electron chi connectivity index (χ0n) is 14.8. The minimum Gasteiger partial charge on any atom is -0.462 e. The lowest BCUT2D eigenvalue weighted by Crippen LogP contribution is -2.39. The van der Waals surface area contributed by atoms with Crippen LogP contribution in [-0.2, 0) is 32.1 Å². The van der Waals surface area contributed by atoms with Gasteiger partial charge in [0, 0.05) is 12.4 Å². The lowest BCUT2D eigenvalue weighted by Gasteiger charge is -2.33. The fraction of sp³-hybridized carbons (Fsp3) is 0.381. The fourth-order valence-corrected chi connectivity index (χ4v) is 2.94. The normalized spacial score (nSPS) is 19.9. The highest BCUT2D eigenvalue weighted by Crippen LogP contribution is 2.32. The molecule has 5 nitrogen and oxygen atoms in total. The van der Waals surface area contributed by atoms with Gasteiger partial charge in [-0.3, -0.25) is 14.6 Å². The molecule has 136 valence electrons. The van der Waals surface area contributed by atoms with Crippen LogP contribution in [0.4, 0.5) is 0 Å². The Labute approximate surface area is 153 Å². The third kappa shape index (κ3) is 4.91. The second-order valence-corrected chi connectivity index (χ2v) is 6.78. The number of hydrogen-bond acceptors (Lipinski definition) is 5. The molecule has 1 heterocycles. The first kappa shape index (κ1) is 18.1. The standard InChI is InChI=1S/C21H23NO4/c1-15(11-16-7-9-22-10-8-16)20(23)26-19-12-18(13-19)21(24)25-14-17-5-3-2-4-6-17/h2-10,15,18-19H,11-14H2,1H3. The van der Waals surface area contributed by atoms with Crippen molar-refractivity contribution in [3.05, 3.63) is 66.0 Å². The maximum atomic E-state index is 12.2. The number of hydrogen-bond donors (Lipinski definition) is 0. The van der Waals surface area contributed by atoms with Crippen LogP contribution in [0.1, 0.15) is 30.9 Å². The fourth-order valence-electron chi connectivity index (χ4n) is 2.94. The van der Waals surface area contributed by atoms with Gasteiger partial charge < -0.3 is 9.47 Å². The number of aromatic nitrogens is 1. The first-order valence-electron chi connectivity index (χ1n) is 8.92. The molecule has 1 atom stereocenters. The molecule has 0 saturated heterocycles. The lowest BCUT2D eigenvalue weighted by molar-refractivity contribution is -0.170. The van der Waals surface area contributed by atoms with Crippen LogP contribution in [0.5, 0.6) is 0 Å². The summed E-state index contributed by atoms with van der Waals surface area (Å²) in [6.45, 7) is 2.14. The Bertz CT molecular complexity index is 726. The van der Waals surface area contributed by atoms with Crippen molar-refractivity contribution in [2.75, 3.05) is 0 Å². The van der Waals surface area contributed by atoms with Crippen molar-refractivity contribution in [3.63, 3.8) is 0 Å². The van der Waals surface area contributed by atoms with E-state index in [-0.39, 0.29) is 36.5 Å². The Kier molecular flexibility index (Phi) is 6.00. The average Bonchev–Trinajstić information content (AvgIpc) is 2.63. The van der Waals surface area contributed by atoms with E-state index in [1.807, 2.05) is 49.4 Å². The number of nitrogens with zero attached hydrogens (tertiary/aromatic N) is 1. The summed E-state index contributed by atoms with van der Waals surface area (Å²) in [6.07, 6.45) is 4.95. The van der Waals surface area contributed by atoms with E-state index in [2.05, 4.69) is 4.98 Å². The van der Waals surface area contributed by atoms with Gasteiger partial charge in [0.1, 0.15) is 12.7 Å². The van der Waals surface area contributed by atoms with E-state index in [1.165, 1.54) is 0 Å². The molecule has 0 radical (unpaired) electrons. The molecule has 1 unspecified atom stereocenters. The van der Waals surface area contributed by atoms with Crippen molar-refractivity contribution in [2.45, 2.75) is 38.9 Å². The summed E-state index contributed by atoms with van der Waals surface area (Å²) in [4.78, 5) is 28.2. The topological polar surface area (TPSA) is 65.5 Å². The van der Waals surface area contributed by atoms with E-state index in [0.717, 1.165) is 11.1 Å². The second-order valence-electron chi connectivity index (χ2n) is 6.78. The Morgan fingerprint density at radius 1 is 1.08 bits per heavy atom. The van der Waals surface area contributed by atoms with Crippen LogP contribution < -0.4 is 0 Å². The van der Waals surface area contributed by atoms with E-state index in [0.29, 0.717) is 19.3 Å². The Hall–Kier alpha value is -2.69. The summed E-state index contributed by atoms with van der Waals surface area (Å²) in [5.74, 6) is -0.831. The van der Waals surface area contributed by atoms with E-state index >= 15 is 0 Å². The summed E-state index contributed by atoms with van der Waals surface area (Å²) in [7, 11) is 0. The Balaban J connectivity index is 1.36. The second kappa shape index (κ2) is 8.61. The van der Waals surface area contributed by atoms with Crippen molar-refractivity contribution < 1.29 is 19.1 Å². The van der Waals surface area contributed by atoms with Crippen LogP contribution in [0.15, 0.2) is 54.9 Å². The number of benzene rings is 1. The van der Waals surface area contributed by atoms with Gasteiger partial charge in [-0.25, -0.2) is 0 Å². The first-order valence-corrected chi connectivity index (χ1v) is 8.92. The molecule has 0 aliphatic heterocycles. The molecule has 1 fully saturated rings. The molecule has 1 aromatic heterocycles. The summed E-state index contributed by atoms with van der Waals surface area (Å²) in [5.41, 5.74) is 2.02. The van der Waals surface area contributed by atoms with Crippen LogP contribution in [0.2, 0.25) is 0 Å². The van der Waals surface area contributed by atoms with Gasteiger partial charge in [0.2, 0.25) is 0 Å². The third-order valence-corrected chi connectivity index (χ3v) is 4.63. The summed E-state index contributed by atoms with van der Waals surface area (Å²) in [6, 6.07) is 13.4. The van der Waals surface area contributed by atoms with Crippen molar-refractivity contribution in [3.8, 4) is 0 Å². The van der Waals surface area contributed by atoms with Gasteiger partial charge in [0.25, 0.3) is 0 Å². The van der Waals surface area contributed by atoms with Gasteiger partial charge in [-0.15, -0.1) is 0 Å². The predicted octanol–water partition coefficient (Wildman–Crippen LogP) is 3.33. The average molecular weight is 353 g/mol. The summed E-state index contributed by atoms with van der Waals surface area (Å²) in [5, 5.41) is 0. The van der Waals surface area contributed by atoms with Gasteiger partial charge in [0.15, 0.2) is 0 Å². The number of carbonyl (C=O) groups is 2. The van der Waals surface area contributed by atoms with Crippen molar-refractivity contribution in [2.24, 2.45) is 11.8 Å². The number of ether oxygens (including phenoxy) is 2. The Morgan fingerprint density at radius 3 is 2.46 bits per heavy atom. The number of pyridine rings is 1. The molecular weight excluding hydrogens is 330 g/mol. The van der Waals surface area contributed by atoms with Crippen LogP contribution in [0.3, 0.4) is 0 Å². The van der Waals surface area contributed by atoms with Gasteiger partial charge >= 0.3 is 11.9 Å². The molecule has 1 aliphatic carbocycles. The monoisotopic (exact) mass is 353 g/mol. The van der Waals surface area contributed by atoms with Gasteiger partial charge in [-0.2, -0.15) is 0 Å². The molecule has 1 saturated carbocycles. The predicted molar refractivity (Wildman–Crippen MR) is 95.9 cm³/mol. The zero-order chi connectivity index (χ0) is 18.4. The molecule has 0 N–H and O–H groups in total. The van der Waals surface area contributed by atoms with Gasteiger partial charge in [-0.1, -0.05) is 37.3 Å². The smallest absolute Gasteiger partial charge is 0.309 e. The third-order valence-electron chi connectivity index (χ3n) is 4.63. The molecule has 1 aromatic carbocycles. The van der Waals surface area contributed by atoms with Crippen LogP contribution in [0, 0.1) is 11.8 Å². The van der Waals surface area contributed by atoms with E-state index in [9.17, 15) is 9.59 Å². The van der Waals surface area contributed by atoms with Gasteiger partial charge in [-0.05, 0) is 42.5 Å². The van der Waals surface area contributed by atoms with Crippen molar-refractivity contribution >= 4 is 11.9 Å². The minimum absolute atomic E-state index is 0.174. The van der Waals surface area contributed by atoms with E-state index in [4.69, 9.17) is 9.47 Å². The van der Waals surface area contributed by atoms with E-state index < -0.39 is 0 Å². The molecule has 0 spiro atoms.